The molecular formula is C16H27N5O7. The molecule has 0 radical (unpaired) electrons. The number of rotatable bonds is 9. The predicted molar refractivity (Wildman–Crippen MR) is 95.4 cm³/mol. The van der Waals surface area contributed by atoms with E-state index in [-0.39, 0.29) is 6.54 Å². The van der Waals surface area contributed by atoms with Crippen molar-refractivity contribution in [2.45, 2.75) is 63.4 Å². The van der Waals surface area contributed by atoms with Crippen LogP contribution in [0.4, 0.5) is 0 Å². The number of hydrogen-bond donors (Lipinski definition) is 6. The second-order valence-corrected chi connectivity index (χ2v) is 6.76. The van der Waals surface area contributed by atoms with Crippen molar-refractivity contribution in [3.8, 4) is 0 Å². The second kappa shape index (κ2) is 9.99. The number of likely N-dealkylation sites (tertiary alicyclic amines) is 1. The highest BCUT2D eigenvalue weighted by Gasteiger charge is 2.38. The standard InChI is InChI=1S/C16H27N5O7/c1-7(16(27)28)19-13(24)9(6-11(17)23)20-14(25)10-4-3-5-21(10)15(26)12(18)8(2)22/h7-10,12,22H,3-6,18H2,1-2H3,(H2,17,23)(H,19,24)(H,20,25)(H,27,28). The average molecular weight is 401 g/mol. The van der Waals surface area contributed by atoms with Gasteiger partial charge in [0.2, 0.25) is 23.6 Å². The Morgan fingerprint density at radius 2 is 1.79 bits per heavy atom. The molecule has 1 aliphatic rings. The quantitative estimate of drug-likeness (QED) is 0.229. The van der Waals surface area contributed by atoms with Gasteiger partial charge < -0.3 is 37.2 Å². The number of primary amides is 1. The van der Waals surface area contributed by atoms with E-state index in [1.54, 1.807) is 0 Å². The summed E-state index contributed by atoms with van der Waals surface area (Å²) < 4.78 is 0. The zero-order chi connectivity index (χ0) is 21.6. The molecule has 1 rings (SSSR count). The molecule has 0 aromatic heterocycles. The van der Waals surface area contributed by atoms with Crippen LogP contribution in [-0.2, 0) is 24.0 Å². The van der Waals surface area contributed by atoms with E-state index in [1.807, 2.05) is 0 Å². The summed E-state index contributed by atoms with van der Waals surface area (Å²) in [6.45, 7) is 2.82. The number of carbonyl (C=O) groups excluding carboxylic acids is 4. The fourth-order valence-electron chi connectivity index (χ4n) is 2.75. The Kier molecular flexibility index (Phi) is 8.32. The fourth-order valence-corrected chi connectivity index (χ4v) is 2.75. The predicted octanol–water partition coefficient (Wildman–Crippen LogP) is -3.36. The van der Waals surface area contributed by atoms with E-state index in [0.717, 1.165) is 0 Å². The Balaban J connectivity index is 2.88. The van der Waals surface area contributed by atoms with E-state index in [4.69, 9.17) is 16.6 Å². The first-order valence-electron chi connectivity index (χ1n) is 8.81. The minimum absolute atomic E-state index is 0.250. The van der Waals surface area contributed by atoms with Crippen LogP contribution in [0.25, 0.3) is 0 Å². The Hall–Kier alpha value is -2.73. The van der Waals surface area contributed by atoms with Crippen LogP contribution in [0, 0.1) is 0 Å². The smallest absolute Gasteiger partial charge is 0.325 e. The molecule has 8 N–H and O–H groups in total. The van der Waals surface area contributed by atoms with Crippen LogP contribution in [0.3, 0.4) is 0 Å². The number of aliphatic hydroxyl groups is 1. The first-order valence-corrected chi connectivity index (χ1v) is 8.81. The monoisotopic (exact) mass is 401 g/mol. The number of carbonyl (C=O) groups is 5. The number of hydrogen-bond acceptors (Lipinski definition) is 7. The zero-order valence-corrected chi connectivity index (χ0v) is 15.8. The molecule has 0 aliphatic carbocycles. The van der Waals surface area contributed by atoms with Gasteiger partial charge in [-0.15, -0.1) is 0 Å². The van der Waals surface area contributed by atoms with Crippen LogP contribution in [0.1, 0.15) is 33.1 Å². The number of aliphatic hydroxyl groups excluding tert-OH is 1. The summed E-state index contributed by atoms with van der Waals surface area (Å²) in [5.74, 6) is -4.37. The number of nitrogens with two attached hydrogens (primary N) is 2. The summed E-state index contributed by atoms with van der Waals surface area (Å²) in [5.41, 5.74) is 10.8. The van der Waals surface area contributed by atoms with Gasteiger partial charge in [0.15, 0.2) is 0 Å². The zero-order valence-electron chi connectivity index (χ0n) is 15.8. The SMILES string of the molecule is CC(NC(=O)C(CC(N)=O)NC(=O)C1CCCN1C(=O)C(N)C(C)O)C(=O)O. The highest BCUT2D eigenvalue weighted by Crippen LogP contribution is 2.19. The van der Waals surface area contributed by atoms with E-state index >= 15 is 0 Å². The van der Waals surface area contributed by atoms with Crippen molar-refractivity contribution in [2.75, 3.05) is 6.54 Å². The Morgan fingerprint density at radius 3 is 2.29 bits per heavy atom. The van der Waals surface area contributed by atoms with Gasteiger partial charge in [-0.1, -0.05) is 0 Å². The lowest BCUT2D eigenvalue weighted by Crippen LogP contribution is -2.58. The minimum atomic E-state index is -1.39. The lowest BCUT2D eigenvalue weighted by molar-refractivity contribution is -0.143. The van der Waals surface area contributed by atoms with Crippen LogP contribution in [0.2, 0.25) is 0 Å². The maximum Gasteiger partial charge on any atom is 0.325 e. The molecule has 12 nitrogen and oxygen atoms in total. The van der Waals surface area contributed by atoms with Gasteiger partial charge in [0, 0.05) is 6.54 Å². The average Bonchev–Trinajstić information content (AvgIpc) is 3.08. The van der Waals surface area contributed by atoms with E-state index in [2.05, 4.69) is 10.6 Å². The fraction of sp³-hybridized carbons (Fsp3) is 0.688. The first-order chi connectivity index (χ1) is 13.0. The van der Waals surface area contributed by atoms with Crippen molar-refractivity contribution in [2.24, 2.45) is 11.5 Å². The first kappa shape index (κ1) is 23.3. The number of amides is 4. The van der Waals surface area contributed by atoms with E-state index in [9.17, 15) is 29.1 Å². The highest BCUT2D eigenvalue weighted by atomic mass is 16.4. The van der Waals surface area contributed by atoms with E-state index in [0.29, 0.717) is 12.8 Å². The summed E-state index contributed by atoms with van der Waals surface area (Å²) in [5, 5.41) is 22.9. The van der Waals surface area contributed by atoms with Crippen LogP contribution in [-0.4, -0.2) is 81.5 Å². The Morgan fingerprint density at radius 1 is 1.18 bits per heavy atom. The molecule has 5 atom stereocenters. The van der Waals surface area contributed by atoms with Gasteiger partial charge in [-0.2, -0.15) is 0 Å². The minimum Gasteiger partial charge on any atom is -0.480 e. The third kappa shape index (κ3) is 6.16. The third-order valence-corrected chi connectivity index (χ3v) is 4.41. The van der Waals surface area contributed by atoms with Gasteiger partial charge in [0.25, 0.3) is 0 Å². The molecule has 0 bridgehead atoms. The number of nitrogens with zero attached hydrogens (tertiary/aromatic N) is 1. The van der Waals surface area contributed by atoms with E-state index < -0.39 is 66.3 Å². The maximum absolute atomic E-state index is 12.6. The van der Waals surface area contributed by atoms with Crippen LogP contribution in [0.5, 0.6) is 0 Å². The van der Waals surface area contributed by atoms with Gasteiger partial charge in [-0.3, -0.25) is 24.0 Å². The summed E-state index contributed by atoms with van der Waals surface area (Å²) in [6, 6.07) is -4.77. The largest absolute Gasteiger partial charge is 0.480 e. The summed E-state index contributed by atoms with van der Waals surface area (Å²) in [7, 11) is 0. The molecule has 5 unspecified atom stereocenters. The lowest BCUT2D eigenvalue weighted by atomic mass is 10.1. The maximum atomic E-state index is 12.6. The molecule has 158 valence electrons. The molecular weight excluding hydrogens is 374 g/mol. The topological polar surface area (TPSA) is 205 Å². The van der Waals surface area contributed by atoms with Crippen LogP contribution < -0.4 is 22.1 Å². The number of carboxylic acid groups (broad SMARTS) is 1. The summed E-state index contributed by atoms with van der Waals surface area (Å²) >= 11 is 0. The Bertz CT molecular complexity index is 639. The molecule has 1 fully saturated rings. The van der Waals surface area contributed by atoms with E-state index in [1.165, 1.54) is 18.7 Å². The third-order valence-electron chi connectivity index (χ3n) is 4.41. The molecule has 0 aromatic rings. The number of nitrogens with one attached hydrogen (secondary N) is 2. The molecule has 1 saturated heterocycles. The molecule has 1 heterocycles. The molecule has 0 aromatic carbocycles. The molecule has 4 amide bonds. The molecule has 0 spiro atoms. The van der Waals surface area contributed by atoms with Gasteiger partial charge in [0.05, 0.1) is 12.5 Å². The second-order valence-electron chi connectivity index (χ2n) is 6.76. The van der Waals surface area contributed by atoms with Crippen molar-refractivity contribution < 1.29 is 34.2 Å². The van der Waals surface area contributed by atoms with Crippen LogP contribution >= 0.6 is 0 Å². The van der Waals surface area contributed by atoms with Gasteiger partial charge in [-0.25, -0.2) is 0 Å². The van der Waals surface area contributed by atoms with Gasteiger partial charge >= 0.3 is 5.97 Å². The molecule has 12 heteroatoms. The van der Waals surface area contributed by atoms with Crippen molar-refractivity contribution in [3.63, 3.8) is 0 Å². The normalized spacial score (nSPS) is 20.6. The summed E-state index contributed by atoms with van der Waals surface area (Å²) in [4.78, 5) is 60.5. The lowest BCUT2D eigenvalue weighted by Gasteiger charge is -2.29. The highest BCUT2D eigenvalue weighted by molar-refractivity contribution is 5.96. The number of carboxylic acids is 1. The van der Waals surface area contributed by atoms with Crippen molar-refractivity contribution in [1.82, 2.24) is 15.5 Å². The van der Waals surface area contributed by atoms with Crippen molar-refractivity contribution in [1.29, 1.82) is 0 Å². The Labute approximate surface area is 161 Å². The summed E-state index contributed by atoms with van der Waals surface area (Å²) in [6.07, 6.45) is -0.833. The van der Waals surface area contributed by atoms with Crippen molar-refractivity contribution in [3.05, 3.63) is 0 Å². The van der Waals surface area contributed by atoms with Crippen LogP contribution in [0.15, 0.2) is 0 Å². The van der Waals surface area contributed by atoms with Gasteiger partial charge in [-0.05, 0) is 26.7 Å². The van der Waals surface area contributed by atoms with Crippen molar-refractivity contribution >= 4 is 29.6 Å². The molecule has 1 aliphatic heterocycles. The van der Waals surface area contributed by atoms with Gasteiger partial charge in [0.1, 0.15) is 24.2 Å². The number of aliphatic carboxylic acids is 1. The molecule has 28 heavy (non-hydrogen) atoms. The molecule has 0 saturated carbocycles.